The second-order valence-corrected chi connectivity index (χ2v) is 3.12. The van der Waals surface area contributed by atoms with Crippen molar-refractivity contribution in [3.05, 3.63) is 11.6 Å². The third-order valence-electron chi connectivity index (χ3n) is 0.777. The average molecular weight is 164 g/mol. The van der Waals surface area contributed by atoms with Gasteiger partial charge in [0.05, 0.1) is 13.2 Å². The molecule has 0 rings (SSSR count). The van der Waals surface area contributed by atoms with Crippen molar-refractivity contribution in [2.24, 2.45) is 5.73 Å². The van der Waals surface area contributed by atoms with Crippen molar-refractivity contribution in [2.75, 3.05) is 13.2 Å². The quantitative estimate of drug-likeness (QED) is 0.638. The number of hydrogen-bond acceptors (Lipinski definition) is 2. The van der Waals surface area contributed by atoms with Crippen LogP contribution in [-0.2, 0) is 4.74 Å². The zero-order valence-electron chi connectivity index (χ0n) is 6.43. The third-order valence-corrected chi connectivity index (χ3v) is 0.955. The van der Waals surface area contributed by atoms with E-state index in [1.54, 1.807) is 6.08 Å². The largest absolute Gasteiger partial charge is 0.375 e. The zero-order valence-corrected chi connectivity index (χ0v) is 7.19. The number of hydrogen-bond donors (Lipinski definition) is 1. The van der Waals surface area contributed by atoms with Gasteiger partial charge in [0.15, 0.2) is 0 Å². The van der Waals surface area contributed by atoms with Crippen LogP contribution in [-0.4, -0.2) is 18.8 Å². The second-order valence-electron chi connectivity index (χ2n) is 2.87. The van der Waals surface area contributed by atoms with Crippen LogP contribution < -0.4 is 5.73 Å². The van der Waals surface area contributed by atoms with E-state index in [-0.39, 0.29) is 5.54 Å². The molecule has 0 radical (unpaired) electrons. The standard InChI is InChI=1S/C7H14ClNO/c1-7(2,9)6-10-5-3-4-8/h3-4H,5-6,9H2,1-2H3/b4-3+. The van der Waals surface area contributed by atoms with Crippen LogP contribution in [0.1, 0.15) is 13.8 Å². The third kappa shape index (κ3) is 7.95. The summed E-state index contributed by atoms with van der Waals surface area (Å²) in [6, 6.07) is 0. The summed E-state index contributed by atoms with van der Waals surface area (Å²) in [5.74, 6) is 0. The normalized spacial score (nSPS) is 12.8. The zero-order chi connectivity index (χ0) is 8.04. The van der Waals surface area contributed by atoms with E-state index in [1.807, 2.05) is 13.8 Å². The topological polar surface area (TPSA) is 35.2 Å². The molecule has 0 bridgehead atoms. The molecule has 0 aromatic carbocycles. The highest BCUT2D eigenvalue weighted by atomic mass is 35.5. The fourth-order valence-electron chi connectivity index (χ4n) is 0.426. The minimum Gasteiger partial charge on any atom is -0.375 e. The van der Waals surface area contributed by atoms with Gasteiger partial charge in [-0.05, 0) is 19.9 Å². The van der Waals surface area contributed by atoms with E-state index in [1.165, 1.54) is 5.54 Å². The van der Waals surface area contributed by atoms with E-state index in [9.17, 15) is 0 Å². The van der Waals surface area contributed by atoms with Crippen LogP contribution in [0.4, 0.5) is 0 Å². The fraction of sp³-hybridized carbons (Fsp3) is 0.714. The Morgan fingerprint density at radius 3 is 2.60 bits per heavy atom. The molecular formula is C7H14ClNO. The van der Waals surface area contributed by atoms with Crippen LogP contribution in [0.25, 0.3) is 0 Å². The van der Waals surface area contributed by atoms with Gasteiger partial charge in [-0.2, -0.15) is 0 Å². The van der Waals surface area contributed by atoms with Crippen molar-refractivity contribution in [2.45, 2.75) is 19.4 Å². The molecule has 60 valence electrons. The maximum atomic E-state index is 5.64. The molecule has 0 spiro atoms. The molecule has 0 atom stereocenters. The van der Waals surface area contributed by atoms with Crippen molar-refractivity contribution in [3.8, 4) is 0 Å². The van der Waals surface area contributed by atoms with Gasteiger partial charge in [0.25, 0.3) is 0 Å². The Hall–Kier alpha value is -0.0500. The van der Waals surface area contributed by atoms with Gasteiger partial charge in [-0.3, -0.25) is 0 Å². The van der Waals surface area contributed by atoms with E-state index in [0.717, 1.165) is 0 Å². The van der Waals surface area contributed by atoms with Gasteiger partial charge in [-0.15, -0.1) is 0 Å². The van der Waals surface area contributed by atoms with Crippen molar-refractivity contribution in [3.63, 3.8) is 0 Å². The first kappa shape index (κ1) is 9.95. The molecule has 0 aromatic heterocycles. The molecular weight excluding hydrogens is 150 g/mol. The van der Waals surface area contributed by atoms with Crippen LogP contribution in [0.15, 0.2) is 11.6 Å². The van der Waals surface area contributed by atoms with Crippen LogP contribution in [0, 0.1) is 0 Å². The average Bonchev–Trinajstić information content (AvgIpc) is 1.78. The van der Waals surface area contributed by atoms with E-state index in [2.05, 4.69) is 0 Å². The Labute approximate surface area is 67.0 Å². The highest BCUT2D eigenvalue weighted by molar-refractivity contribution is 6.25. The number of ether oxygens (including phenoxy) is 1. The van der Waals surface area contributed by atoms with Crippen LogP contribution >= 0.6 is 11.6 Å². The second kappa shape index (κ2) is 4.72. The summed E-state index contributed by atoms with van der Waals surface area (Å²) < 4.78 is 5.14. The molecule has 2 N–H and O–H groups in total. The SMILES string of the molecule is CC(C)(N)COC/C=C/Cl. The Balaban J connectivity index is 3.20. The van der Waals surface area contributed by atoms with Crippen LogP contribution in [0.3, 0.4) is 0 Å². The molecule has 0 aromatic rings. The molecule has 2 nitrogen and oxygen atoms in total. The molecule has 0 amide bonds. The minimum atomic E-state index is -0.250. The van der Waals surface area contributed by atoms with Crippen LogP contribution in [0.2, 0.25) is 0 Å². The predicted molar refractivity (Wildman–Crippen MR) is 44.1 cm³/mol. The first-order chi connectivity index (χ1) is 4.56. The molecule has 0 aliphatic heterocycles. The lowest BCUT2D eigenvalue weighted by Crippen LogP contribution is -2.37. The maximum absolute atomic E-state index is 5.64. The molecule has 0 unspecified atom stereocenters. The monoisotopic (exact) mass is 163 g/mol. The predicted octanol–water partition coefficient (Wildman–Crippen LogP) is 1.49. The maximum Gasteiger partial charge on any atom is 0.0659 e. The van der Waals surface area contributed by atoms with Crippen molar-refractivity contribution >= 4 is 11.6 Å². The van der Waals surface area contributed by atoms with Crippen molar-refractivity contribution in [1.29, 1.82) is 0 Å². The van der Waals surface area contributed by atoms with E-state index >= 15 is 0 Å². The lowest BCUT2D eigenvalue weighted by atomic mass is 10.1. The lowest BCUT2D eigenvalue weighted by molar-refractivity contribution is 0.120. The summed E-state index contributed by atoms with van der Waals surface area (Å²) in [6.07, 6.45) is 1.73. The molecule has 10 heavy (non-hydrogen) atoms. The summed E-state index contributed by atoms with van der Waals surface area (Å²) in [5, 5.41) is 0. The van der Waals surface area contributed by atoms with E-state index in [4.69, 9.17) is 22.1 Å². The highest BCUT2D eigenvalue weighted by Gasteiger charge is 2.08. The van der Waals surface area contributed by atoms with Gasteiger partial charge in [0.2, 0.25) is 0 Å². The Kier molecular flexibility index (Phi) is 4.69. The van der Waals surface area contributed by atoms with Gasteiger partial charge in [0.1, 0.15) is 0 Å². The molecule has 0 saturated heterocycles. The molecule has 0 aliphatic carbocycles. The van der Waals surface area contributed by atoms with E-state index in [0.29, 0.717) is 13.2 Å². The molecule has 0 aliphatic rings. The smallest absolute Gasteiger partial charge is 0.0659 e. The fourth-order valence-corrected chi connectivity index (χ4v) is 0.499. The Morgan fingerprint density at radius 1 is 1.60 bits per heavy atom. The molecule has 0 saturated carbocycles. The van der Waals surface area contributed by atoms with Gasteiger partial charge >= 0.3 is 0 Å². The summed E-state index contributed by atoms with van der Waals surface area (Å²) in [7, 11) is 0. The Bertz CT molecular complexity index is 107. The van der Waals surface area contributed by atoms with E-state index < -0.39 is 0 Å². The summed E-state index contributed by atoms with van der Waals surface area (Å²) in [4.78, 5) is 0. The first-order valence-corrected chi connectivity index (χ1v) is 3.62. The summed E-state index contributed by atoms with van der Waals surface area (Å²) in [5.41, 5.74) is 6.82. The molecule has 0 fully saturated rings. The molecule has 3 heteroatoms. The molecule has 0 heterocycles. The van der Waals surface area contributed by atoms with Gasteiger partial charge < -0.3 is 10.5 Å². The van der Waals surface area contributed by atoms with Gasteiger partial charge in [-0.25, -0.2) is 0 Å². The lowest BCUT2D eigenvalue weighted by Gasteiger charge is -2.17. The van der Waals surface area contributed by atoms with Crippen molar-refractivity contribution < 1.29 is 4.74 Å². The highest BCUT2D eigenvalue weighted by Crippen LogP contribution is 1.96. The number of nitrogens with two attached hydrogens (primary N) is 1. The first-order valence-electron chi connectivity index (χ1n) is 3.18. The van der Waals surface area contributed by atoms with Gasteiger partial charge in [-0.1, -0.05) is 11.6 Å². The minimum absolute atomic E-state index is 0.250. The van der Waals surface area contributed by atoms with Crippen molar-refractivity contribution in [1.82, 2.24) is 0 Å². The summed E-state index contributed by atoms with van der Waals surface area (Å²) >= 11 is 5.26. The Morgan fingerprint density at radius 2 is 2.20 bits per heavy atom. The van der Waals surface area contributed by atoms with Gasteiger partial charge in [0, 0.05) is 11.1 Å². The van der Waals surface area contributed by atoms with Crippen LogP contribution in [0.5, 0.6) is 0 Å². The summed E-state index contributed by atoms with van der Waals surface area (Å²) in [6.45, 7) is 4.91. The number of halogens is 1. The number of rotatable bonds is 4.